The molecule has 4 nitrogen and oxygen atoms in total. The Hall–Kier alpha value is -1.69. The minimum Gasteiger partial charge on any atom is -0.494 e. The number of rotatable bonds is 4. The molecule has 0 spiro atoms. The monoisotopic (exact) mass is 299 g/mol. The lowest BCUT2D eigenvalue weighted by Crippen LogP contribution is -2.38. The number of methoxy groups -OCH3 is 1. The first-order valence-electron chi connectivity index (χ1n) is 7.00. The van der Waals surface area contributed by atoms with Crippen LogP contribution < -0.4 is 10.1 Å². The van der Waals surface area contributed by atoms with Crippen LogP contribution in [0.2, 0.25) is 0 Å². The van der Waals surface area contributed by atoms with Crippen molar-refractivity contribution in [2.45, 2.75) is 31.7 Å². The van der Waals surface area contributed by atoms with Crippen molar-refractivity contribution in [1.29, 1.82) is 0 Å². The second kappa shape index (κ2) is 6.85. The molecule has 0 unspecified atom stereocenters. The predicted octanol–water partition coefficient (Wildman–Crippen LogP) is 2.25. The van der Waals surface area contributed by atoms with Gasteiger partial charge in [0.2, 0.25) is 0 Å². The Morgan fingerprint density at radius 3 is 2.57 bits per heavy atom. The highest BCUT2D eigenvalue weighted by Gasteiger charge is 2.26. The summed E-state index contributed by atoms with van der Waals surface area (Å²) in [6.45, 7) is 0.139. The lowest BCUT2D eigenvalue weighted by Gasteiger charge is -2.28. The van der Waals surface area contributed by atoms with E-state index in [4.69, 9.17) is 9.84 Å². The number of benzene rings is 1. The molecule has 0 radical (unpaired) electrons. The molecule has 0 heterocycles. The van der Waals surface area contributed by atoms with Gasteiger partial charge in [-0.1, -0.05) is 0 Å². The molecule has 1 fully saturated rings. The molecule has 1 saturated carbocycles. The summed E-state index contributed by atoms with van der Waals surface area (Å²) in [5, 5.41) is 11.7. The normalized spacial score (nSPS) is 21.9. The topological polar surface area (TPSA) is 58.6 Å². The van der Waals surface area contributed by atoms with Crippen LogP contribution >= 0.6 is 0 Å². The molecular formula is C15H19F2NO3. The number of nitrogens with one attached hydrogen (secondary N) is 1. The maximum atomic E-state index is 14.0. The molecule has 0 atom stereocenters. The van der Waals surface area contributed by atoms with E-state index in [1.165, 1.54) is 7.11 Å². The number of aliphatic hydroxyl groups is 1. The van der Waals surface area contributed by atoms with Crippen LogP contribution in [0.15, 0.2) is 12.1 Å². The summed E-state index contributed by atoms with van der Waals surface area (Å²) in [4.78, 5) is 12.1. The van der Waals surface area contributed by atoms with Gasteiger partial charge in [0.25, 0.3) is 5.91 Å². The van der Waals surface area contributed by atoms with E-state index in [0.29, 0.717) is 12.8 Å². The SMILES string of the molecule is COc1ccc(F)c(C(=O)NC2CCC(CO)CC2)c1F. The summed E-state index contributed by atoms with van der Waals surface area (Å²) >= 11 is 0. The number of amides is 1. The fraction of sp³-hybridized carbons (Fsp3) is 0.533. The van der Waals surface area contributed by atoms with Crippen LogP contribution in [0.5, 0.6) is 5.75 Å². The van der Waals surface area contributed by atoms with E-state index in [0.717, 1.165) is 25.0 Å². The van der Waals surface area contributed by atoms with Crippen molar-refractivity contribution < 1.29 is 23.4 Å². The third-order valence-corrected chi connectivity index (χ3v) is 3.94. The number of carbonyl (C=O) groups excluding carboxylic acids is 1. The summed E-state index contributed by atoms with van der Waals surface area (Å²) in [6.07, 6.45) is 2.99. The molecule has 2 rings (SSSR count). The van der Waals surface area contributed by atoms with E-state index in [1.807, 2.05) is 0 Å². The molecule has 116 valence electrons. The minimum absolute atomic E-state index is 0.120. The Kier molecular flexibility index (Phi) is 5.12. The van der Waals surface area contributed by atoms with Crippen molar-refractivity contribution in [3.05, 3.63) is 29.3 Å². The maximum Gasteiger partial charge on any atom is 0.257 e. The first-order valence-corrected chi connectivity index (χ1v) is 7.00. The first-order chi connectivity index (χ1) is 10.1. The first kappa shape index (κ1) is 15.7. The van der Waals surface area contributed by atoms with E-state index < -0.39 is 23.1 Å². The van der Waals surface area contributed by atoms with Gasteiger partial charge < -0.3 is 15.2 Å². The molecule has 0 saturated heterocycles. The largest absolute Gasteiger partial charge is 0.494 e. The lowest BCUT2D eigenvalue weighted by molar-refractivity contribution is 0.0904. The van der Waals surface area contributed by atoms with Gasteiger partial charge in [-0.15, -0.1) is 0 Å². The van der Waals surface area contributed by atoms with Crippen LogP contribution in [0, 0.1) is 17.6 Å². The molecule has 2 N–H and O–H groups in total. The zero-order valence-electron chi connectivity index (χ0n) is 11.9. The van der Waals surface area contributed by atoms with Gasteiger partial charge in [0, 0.05) is 12.6 Å². The number of aliphatic hydroxyl groups excluding tert-OH is 1. The lowest BCUT2D eigenvalue weighted by atomic mass is 9.86. The average Bonchev–Trinajstić information content (AvgIpc) is 2.48. The van der Waals surface area contributed by atoms with Crippen molar-refractivity contribution in [3.63, 3.8) is 0 Å². The highest BCUT2D eigenvalue weighted by atomic mass is 19.1. The second-order valence-corrected chi connectivity index (χ2v) is 5.31. The molecule has 0 bridgehead atoms. The summed E-state index contributed by atoms with van der Waals surface area (Å²) in [6, 6.07) is 2.04. The van der Waals surface area contributed by atoms with Crippen LogP contribution in [0.25, 0.3) is 0 Å². The molecule has 1 aliphatic carbocycles. The van der Waals surface area contributed by atoms with E-state index in [9.17, 15) is 13.6 Å². The molecule has 1 aromatic rings. The van der Waals surface area contributed by atoms with Crippen LogP contribution in [-0.2, 0) is 0 Å². The van der Waals surface area contributed by atoms with Gasteiger partial charge >= 0.3 is 0 Å². The summed E-state index contributed by atoms with van der Waals surface area (Å²) in [5.41, 5.74) is -0.612. The van der Waals surface area contributed by atoms with Gasteiger partial charge in [0.1, 0.15) is 11.4 Å². The Morgan fingerprint density at radius 2 is 2.00 bits per heavy atom. The molecular weight excluding hydrogens is 280 g/mol. The van der Waals surface area contributed by atoms with Crippen LogP contribution in [0.1, 0.15) is 36.0 Å². The highest BCUT2D eigenvalue weighted by molar-refractivity contribution is 5.95. The molecule has 1 aliphatic rings. The summed E-state index contributed by atoms with van der Waals surface area (Å²) in [5.74, 6) is -2.57. The fourth-order valence-electron chi connectivity index (χ4n) is 2.65. The van der Waals surface area contributed by atoms with Gasteiger partial charge in [0.05, 0.1) is 7.11 Å². The van der Waals surface area contributed by atoms with E-state index in [-0.39, 0.29) is 24.3 Å². The zero-order valence-corrected chi connectivity index (χ0v) is 11.9. The maximum absolute atomic E-state index is 14.0. The van der Waals surface area contributed by atoms with Crippen LogP contribution in [-0.4, -0.2) is 30.8 Å². The van der Waals surface area contributed by atoms with Gasteiger partial charge in [-0.05, 0) is 43.7 Å². The Labute approximate surface area is 122 Å². The Balaban J connectivity index is 2.07. The van der Waals surface area contributed by atoms with Crippen molar-refractivity contribution in [3.8, 4) is 5.75 Å². The van der Waals surface area contributed by atoms with Crippen LogP contribution in [0.3, 0.4) is 0 Å². The molecule has 1 aromatic carbocycles. The molecule has 6 heteroatoms. The van der Waals surface area contributed by atoms with Crippen molar-refractivity contribution in [2.24, 2.45) is 5.92 Å². The highest BCUT2D eigenvalue weighted by Crippen LogP contribution is 2.26. The van der Waals surface area contributed by atoms with Gasteiger partial charge in [-0.3, -0.25) is 4.79 Å². The smallest absolute Gasteiger partial charge is 0.257 e. The second-order valence-electron chi connectivity index (χ2n) is 5.31. The summed E-state index contributed by atoms with van der Waals surface area (Å²) in [7, 11) is 1.26. The molecule has 0 aromatic heterocycles. The fourth-order valence-corrected chi connectivity index (χ4v) is 2.65. The standard InChI is InChI=1S/C15H19F2NO3/c1-21-12-7-6-11(16)13(14(12)17)15(20)18-10-4-2-9(8-19)3-5-10/h6-7,9-10,19H,2-5,8H2,1H3,(H,18,20). The number of hydrogen-bond donors (Lipinski definition) is 2. The van der Waals surface area contributed by atoms with Gasteiger partial charge in [0.15, 0.2) is 11.6 Å². The number of halogens is 2. The third kappa shape index (κ3) is 3.50. The quantitative estimate of drug-likeness (QED) is 0.896. The number of carbonyl (C=O) groups is 1. The Bertz CT molecular complexity index is 514. The number of ether oxygens (including phenoxy) is 1. The molecule has 0 aliphatic heterocycles. The molecule has 21 heavy (non-hydrogen) atoms. The van der Waals surface area contributed by atoms with Crippen molar-refractivity contribution in [1.82, 2.24) is 5.32 Å². The van der Waals surface area contributed by atoms with E-state index >= 15 is 0 Å². The van der Waals surface area contributed by atoms with E-state index in [1.54, 1.807) is 0 Å². The zero-order chi connectivity index (χ0) is 15.4. The van der Waals surface area contributed by atoms with Gasteiger partial charge in [-0.2, -0.15) is 0 Å². The third-order valence-electron chi connectivity index (χ3n) is 3.94. The number of hydrogen-bond acceptors (Lipinski definition) is 3. The van der Waals surface area contributed by atoms with E-state index in [2.05, 4.69) is 5.32 Å². The van der Waals surface area contributed by atoms with Crippen molar-refractivity contribution in [2.75, 3.05) is 13.7 Å². The average molecular weight is 299 g/mol. The summed E-state index contributed by atoms with van der Waals surface area (Å²) < 4.78 is 32.5. The molecule has 1 amide bonds. The van der Waals surface area contributed by atoms with Crippen LogP contribution in [0.4, 0.5) is 8.78 Å². The van der Waals surface area contributed by atoms with Crippen molar-refractivity contribution >= 4 is 5.91 Å². The minimum atomic E-state index is -0.987. The Morgan fingerprint density at radius 1 is 1.33 bits per heavy atom. The van der Waals surface area contributed by atoms with Gasteiger partial charge in [-0.25, -0.2) is 8.78 Å². The predicted molar refractivity (Wildman–Crippen MR) is 73.2 cm³/mol.